The molecule has 1 rings (SSSR count). The first kappa shape index (κ1) is 7.05. The number of aliphatic imine (C=N–C) groups is 1. The highest BCUT2D eigenvalue weighted by Crippen LogP contribution is 1.95. The normalized spacial score (nSPS) is 8.90. The van der Waals surface area contributed by atoms with Gasteiger partial charge in [-0.25, -0.2) is 4.99 Å². The van der Waals surface area contributed by atoms with Gasteiger partial charge in [0, 0.05) is 0 Å². The van der Waals surface area contributed by atoms with Crippen molar-refractivity contribution in [1.82, 2.24) is 10.1 Å². The molecule has 0 aliphatic rings. The molecule has 4 nitrogen and oxygen atoms in total. The van der Waals surface area contributed by atoms with Gasteiger partial charge < -0.3 is 4.52 Å². The van der Waals surface area contributed by atoms with Crippen LogP contribution >= 0.6 is 12.2 Å². The number of aryl methyl sites for hydroxylation is 1. The van der Waals surface area contributed by atoms with Crippen LogP contribution in [-0.2, 0) is 6.54 Å². The third kappa shape index (κ3) is 1.72. The van der Waals surface area contributed by atoms with Crippen molar-refractivity contribution in [2.75, 3.05) is 0 Å². The second-order valence-electron chi connectivity index (χ2n) is 1.64. The summed E-state index contributed by atoms with van der Waals surface area (Å²) in [5, 5.41) is 5.77. The quantitative estimate of drug-likeness (QED) is 0.472. The molecule has 0 N–H and O–H groups in total. The van der Waals surface area contributed by atoms with E-state index < -0.39 is 0 Å². The summed E-state index contributed by atoms with van der Waals surface area (Å²) in [7, 11) is 0. The molecule has 0 saturated carbocycles. The molecular formula is C5H5N3OS. The van der Waals surface area contributed by atoms with Gasteiger partial charge in [-0.05, 0) is 19.1 Å². The minimum Gasteiger partial charge on any atom is -0.337 e. The predicted octanol–water partition coefficient (Wildman–Crippen LogP) is 0.981. The van der Waals surface area contributed by atoms with Crippen molar-refractivity contribution in [1.29, 1.82) is 0 Å². The average Bonchev–Trinajstić information content (AvgIpc) is 2.31. The second-order valence-corrected chi connectivity index (χ2v) is 1.83. The van der Waals surface area contributed by atoms with E-state index in [1.165, 1.54) is 0 Å². The molecule has 0 bridgehead atoms. The summed E-state index contributed by atoms with van der Waals surface area (Å²) in [5.41, 5.74) is 0. The highest BCUT2D eigenvalue weighted by molar-refractivity contribution is 7.78. The summed E-state index contributed by atoms with van der Waals surface area (Å²) in [4.78, 5) is 7.51. The molecule has 10 heavy (non-hydrogen) atoms. The fraction of sp³-hybridized carbons (Fsp3) is 0.400. The molecule has 0 radical (unpaired) electrons. The summed E-state index contributed by atoms with van der Waals surface area (Å²) in [5.74, 6) is 1.07. The minimum atomic E-state index is 0.324. The van der Waals surface area contributed by atoms with Crippen molar-refractivity contribution in [2.45, 2.75) is 13.5 Å². The molecule has 1 aromatic heterocycles. The molecule has 52 valence electrons. The van der Waals surface area contributed by atoms with Gasteiger partial charge in [-0.2, -0.15) is 4.98 Å². The molecular weight excluding hydrogens is 150 g/mol. The number of nitrogens with zero attached hydrogens (tertiary/aromatic N) is 3. The van der Waals surface area contributed by atoms with Gasteiger partial charge in [0.15, 0.2) is 5.82 Å². The molecule has 0 aliphatic carbocycles. The summed E-state index contributed by atoms with van der Waals surface area (Å²) < 4.78 is 4.73. The van der Waals surface area contributed by atoms with Crippen molar-refractivity contribution in [3.8, 4) is 0 Å². The lowest BCUT2D eigenvalue weighted by Crippen LogP contribution is -1.79. The highest BCUT2D eigenvalue weighted by Gasteiger charge is 1.98. The number of thiocarbonyl (C=S) groups is 1. The van der Waals surface area contributed by atoms with Gasteiger partial charge in [0.25, 0.3) is 0 Å². The summed E-state index contributed by atoms with van der Waals surface area (Å²) in [6.07, 6.45) is 0. The van der Waals surface area contributed by atoms with Crippen molar-refractivity contribution in [3.63, 3.8) is 0 Å². The average molecular weight is 155 g/mol. The smallest absolute Gasteiger partial charge is 0.249 e. The molecule has 0 unspecified atom stereocenters. The Morgan fingerprint density at radius 1 is 1.80 bits per heavy atom. The van der Waals surface area contributed by atoms with Gasteiger partial charge in [-0.15, -0.1) is 0 Å². The number of isothiocyanates is 1. The van der Waals surface area contributed by atoms with Crippen LogP contribution in [0.25, 0.3) is 0 Å². The van der Waals surface area contributed by atoms with E-state index in [2.05, 4.69) is 32.5 Å². The van der Waals surface area contributed by atoms with Crippen LogP contribution in [0.2, 0.25) is 0 Å². The lowest BCUT2D eigenvalue weighted by atomic mass is 10.6. The van der Waals surface area contributed by atoms with Crippen molar-refractivity contribution < 1.29 is 4.52 Å². The Morgan fingerprint density at radius 3 is 3.10 bits per heavy atom. The zero-order valence-electron chi connectivity index (χ0n) is 5.37. The van der Waals surface area contributed by atoms with E-state index in [4.69, 9.17) is 4.52 Å². The molecule has 1 aromatic rings. The lowest BCUT2D eigenvalue weighted by molar-refractivity contribution is 0.377. The Labute approximate surface area is 63.0 Å². The number of hydrogen-bond donors (Lipinski definition) is 0. The number of rotatable bonds is 2. The SMILES string of the molecule is Cc1noc(CN=C=S)n1. The topological polar surface area (TPSA) is 51.3 Å². The van der Waals surface area contributed by atoms with Gasteiger partial charge in [-0.1, -0.05) is 5.16 Å². The lowest BCUT2D eigenvalue weighted by Gasteiger charge is -1.77. The molecule has 0 atom stereocenters. The number of aromatic nitrogens is 2. The maximum atomic E-state index is 4.73. The Bertz CT molecular complexity index is 264. The van der Waals surface area contributed by atoms with Crippen molar-refractivity contribution >= 4 is 17.4 Å². The molecule has 0 spiro atoms. The molecule has 0 saturated heterocycles. The standard InChI is InChI=1S/C5H5N3OS/c1-4-7-5(9-8-4)2-6-3-10/h2H2,1H3. The van der Waals surface area contributed by atoms with Crippen LogP contribution in [0.5, 0.6) is 0 Å². The molecule has 0 amide bonds. The predicted molar refractivity (Wildman–Crippen MR) is 37.8 cm³/mol. The Hall–Kier alpha value is -1.06. The van der Waals surface area contributed by atoms with Gasteiger partial charge in [0.2, 0.25) is 5.89 Å². The van der Waals surface area contributed by atoms with Crippen LogP contribution < -0.4 is 0 Å². The Morgan fingerprint density at radius 2 is 2.60 bits per heavy atom. The summed E-state index contributed by atoms with van der Waals surface area (Å²) in [6.45, 7) is 2.07. The first-order valence-corrected chi connectivity index (χ1v) is 3.06. The van der Waals surface area contributed by atoms with Crippen LogP contribution in [0.15, 0.2) is 9.52 Å². The third-order valence-corrected chi connectivity index (χ3v) is 0.978. The fourth-order valence-electron chi connectivity index (χ4n) is 0.504. The van der Waals surface area contributed by atoms with Gasteiger partial charge in [0.05, 0.1) is 5.16 Å². The van der Waals surface area contributed by atoms with E-state index in [0.717, 1.165) is 0 Å². The Kier molecular flexibility index (Phi) is 2.25. The zero-order chi connectivity index (χ0) is 7.40. The third-order valence-electron chi connectivity index (χ3n) is 0.849. The zero-order valence-corrected chi connectivity index (χ0v) is 6.18. The van der Waals surface area contributed by atoms with Gasteiger partial charge >= 0.3 is 0 Å². The van der Waals surface area contributed by atoms with E-state index in [1.807, 2.05) is 0 Å². The maximum Gasteiger partial charge on any atom is 0.249 e. The van der Waals surface area contributed by atoms with Crippen LogP contribution in [0.3, 0.4) is 0 Å². The van der Waals surface area contributed by atoms with Crippen LogP contribution in [0, 0.1) is 6.92 Å². The van der Waals surface area contributed by atoms with Crippen LogP contribution in [0.4, 0.5) is 0 Å². The minimum absolute atomic E-state index is 0.324. The van der Waals surface area contributed by atoms with E-state index in [9.17, 15) is 0 Å². The van der Waals surface area contributed by atoms with Gasteiger partial charge in [0.1, 0.15) is 6.54 Å². The first-order valence-electron chi connectivity index (χ1n) is 2.66. The highest BCUT2D eigenvalue weighted by atomic mass is 32.1. The monoisotopic (exact) mass is 155 g/mol. The van der Waals surface area contributed by atoms with Gasteiger partial charge in [-0.3, -0.25) is 0 Å². The molecule has 1 heterocycles. The Balaban J connectivity index is 2.66. The van der Waals surface area contributed by atoms with Crippen molar-refractivity contribution in [3.05, 3.63) is 11.7 Å². The molecule has 0 aliphatic heterocycles. The van der Waals surface area contributed by atoms with E-state index in [-0.39, 0.29) is 0 Å². The number of hydrogen-bond acceptors (Lipinski definition) is 5. The molecule has 0 aromatic carbocycles. The fourth-order valence-corrected chi connectivity index (χ4v) is 0.569. The second kappa shape index (κ2) is 3.20. The van der Waals surface area contributed by atoms with Crippen molar-refractivity contribution in [2.24, 2.45) is 4.99 Å². The largest absolute Gasteiger partial charge is 0.337 e. The van der Waals surface area contributed by atoms with E-state index in [1.54, 1.807) is 6.92 Å². The summed E-state index contributed by atoms with van der Waals surface area (Å²) >= 11 is 4.35. The summed E-state index contributed by atoms with van der Waals surface area (Å²) in [6, 6.07) is 0. The van der Waals surface area contributed by atoms with Crippen LogP contribution in [0.1, 0.15) is 11.7 Å². The molecule has 5 heteroatoms. The van der Waals surface area contributed by atoms with E-state index in [0.29, 0.717) is 18.3 Å². The molecule has 0 fully saturated rings. The van der Waals surface area contributed by atoms with E-state index >= 15 is 0 Å². The first-order chi connectivity index (χ1) is 4.83. The maximum absolute atomic E-state index is 4.73. The van der Waals surface area contributed by atoms with Crippen LogP contribution in [-0.4, -0.2) is 15.3 Å².